The summed E-state index contributed by atoms with van der Waals surface area (Å²) < 4.78 is 0. The second-order valence-corrected chi connectivity index (χ2v) is 5.37. The number of pyridine rings is 1. The normalized spacial score (nSPS) is 10.2. The van der Waals surface area contributed by atoms with E-state index in [0.717, 1.165) is 29.7 Å². The summed E-state index contributed by atoms with van der Waals surface area (Å²) in [4.78, 5) is 14.9. The average molecular weight is 300 g/mol. The zero-order chi connectivity index (χ0) is 16.1. The van der Waals surface area contributed by atoms with E-state index in [1.54, 1.807) is 6.07 Å². The van der Waals surface area contributed by atoms with Gasteiger partial charge in [-0.05, 0) is 30.0 Å². The highest BCUT2D eigenvalue weighted by Crippen LogP contribution is 2.23. The van der Waals surface area contributed by atoms with E-state index in [1.807, 2.05) is 54.6 Å². The Morgan fingerprint density at radius 1 is 0.913 bits per heavy atom. The second kappa shape index (κ2) is 6.76. The van der Waals surface area contributed by atoms with Crippen molar-refractivity contribution in [3.05, 3.63) is 93.9 Å². The molecule has 112 valence electrons. The van der Waals surface area contributed by atoms with Gasteiger partial charge in [-0.3, -0.25) is 4.79 Å². The minimum absolute atomic E-state index is 0.146. The van der Waals surface area contributed by atoms with Crippen LogP contribution in [0.4, 0.5) is 0 Å². The van der Waals surface area contributed by atoms with E-state index in [0.29, 0.717) is 0 Å². The van der Waals surface area contributed by atoms with Crippen LogP contribution in [0.1, 0.15) is 16.8 Å². The number of aromatic nitrogens is 1. The largest absolute Gasteiger partial charge is 0.324 e. The molecule has 0 fully saturated rings. The van der Waals surface area contributed by atoms with Crippen LogP contribution in [0.2, 0.25) is 0 Å². The lowest BCUT2D eigenvalue weighted by Gasteiger charge is -2.10. The predicted molar refractivity (Wildman–Crippen MR) is 91.1 cm³/mol. The molecule has 0 radical (unpaired) electrons. The van der Waals surface area contributed by atoms with Gasteiger partial charge in [-0.15, -0.1) is 0 Å². The molecule has 0 saturated carbocycles. The zero-order valence-electron chi connectivity index (χ0n) is 12.6. The van der Waals surface area contributed by atoms with Crippen LogP contribution in [-0.2, 0) is 12.8 Å². The van der Waals surface area contributed by atoms with Gasteiger partial charge in [-0.25, -0.2) is 0 Å². The Morgan fingerprint density at radius 2 is 1.57 bits per heavy atom. The third-order valence-electron chi connectivity index (χ3n) is 3.83. The number of nitrogens with zero attached hydrogens (tertiary/aromatic N) is 1. The van der Waals surface area contributed by atoms with Gasteiger partial charge in [-0.2, -0.15) is 5.26 Å². The first kappa shape index (κ1) is 14.8. The maximum absolute atomic E-state index is 12.0. The molecular formula is C20H16N2O. The molecule has 0 unspecified atom stereocenters. The van der Waals surface area contributed by atoms with Crippen molar-refractivity contribution in [2.45, 2.75) is 12.8 Å². The summed E-state index contributed by atoms with van der Waals surface area (Å²) in [5, 5.41) is 9.12. The number of hydrogen-bond acceptors (Lipinski definition) is 2. The standard InChI is InChI=1S/C20H16N2O/c21-14-17-13-18(16-9-5-2-6-10-16)19(22-20(17)23)12-11-15-7-3-1-4-8-15/h1-10,13H,11-12H2,(H,22,23). The van der Waals surface area contributed by atoms with Crippen LogP contribution in [0.3, 0.4) is 0 Å². The minimum atomic E-state index is -0.324. The van der Waals surface area contributed by atoms with E-state index in [9.17, 15) is 4.79 Å². The minimum Gasteiger partial charge on any atom is -0.324 e. The molecule has 0 aliphatic rings. The van der Waals surface area contributed by atoms with E-state index >= 15 is 0 Å². The fraction of sp³-hybridized carbons (Fsp3) is 0.100. The maximum Gasteiger partial charge on any atom is 0.266 e. The molecule has 0 spiro atoms. The smallest absolute Gasteiger partial charge is 0.266 e. The van der Waals surface area contributed by atoms with Crippen LogP contribution in [0.25, 0.3) is 11.1 Å². The van der Waals surface area contributed by atoms with Crippen LogP contribution < -0.4 is 5.56 Å². The molecule has 2 aromatic carbocycles. The molecule has 0 aliphatic carbocycles. The van der Waals surface area contributed by atoms with Crippen molar-refractivity contribution in [3.63, 3.8) is 0 Å². The molecule has 0 atom stereocenters. The van der Waals surface area contributed by atoms with Gasteiger partial charge < -0.3 is 4.98 Å². The Bertz CT molecular complexity index is 890. The molecule has 1 heterocycles. The molecule has 0 bridgehead atoms. The molecule has 23 heavy (non-hydrogen) atoms. The summed E-state index contributed by atoms with van der Waals surface area (Å²) in [5.41, 5.74) is 3.82. The van der Waals surface area contributed by atoms with E-state index in [1.165, 1.54) is 5.56 Å². The topological polar surface area (TPSA) is 56.6 Å². The molecule has 0 aliphatic heterocycles. The van der Waals surface area contributed by atoms with Crippen molar-refractivity contribution in [1.29, 1.82) is 5.26 Å². The van der Waals surface area contributed by atoms with Crippen LogP contribution in [-0.4, -0.2) is 4.98 Å². The summed E-state index contributed by atoms with van der Waals surface area (Å²) >= 11 is 0. The highest BCUT2D eigenvalue weighted by molar-refractivity contribution is 5.67. The van der Waals surface area contributed by atoms with Gasteiger partial charge in [0, 0.05) is 11.3 Å². The fourth-order valence-corrected chi connectivity index (χ4v) is 2.64. The SMILES string of the molecule is N#Cc1cc(-c2ccccc2)c(CCc2ccccc2)[nH]c1=O. The van der Waals surface area contributed by atoms with E-state index in [4.69, 9.17) is 5.26 Å². The average Bonchev–Trinajstić information content (AvgIpc) is 2.61. The van der Waals surface area contributed by atoms with Crippen LogP contribution in [0, 0.1) is 11.3 Å². The van der Waals surface area contributed by atoms with Crippen LogP contribution >= 0.6 is 0 Å². The van der Waals surface area contributed by atoms with Gasteiger partial charge in [0.2, 0.25) is 0 Å². The number of nitrogens with one attached hydrogen (secondary N) is 1. The summed E-state index contributed by atoms with van der Waals surface area (Å²) in [6, 6.07) is 23.6. The summed E-state index contributed by atoms with van der Waals surface area (Å²) in [6.07, 6.45) is 1.55. The zero-order valence-corrected chi connectivity index (χ0v) is 12.6. The van der Waals surface area contributed by atoms with Gasteiger partial charge in [0.05, 0.1) is 0 Å². The number of benzene rings is 2. The second-order valence-electron chi connectivity index (χ2n) is 5.37. The number of rotatable bonds is 4. The third kappa shape index (κ3) is 3.38. The monoisotopic (exact) mass is 300 g/mol. The van der Waals surface area contributed by atoms with Crippen molar-refractivity contribution in [2.24, 2.45) is 0 Å². The first-order valence-electron chi connectivity index (χ1n) is 7.53. The predicted octanol–water partition coefficient (Wildman–Crippen LogP) is 3.70. The van der Waals surface area contributed by atoms with E-state index in [-0.39, 0.29) is 11.1 Å². The molecular weight excluding hydrogens is 284 g/mol. The van der Waals surface area contributed by atoms with E-state index in [2.05, 4.69) is 17.1 Å². The van der Waals surface area contributed by atoms with Crippen LogP contribution in [0.5, 0.6) is 0 Å². The molecule has 3 rings (SSSR count). The van der Waals surface area contributed by atoms with Gasteiger partial charge in [0.15, 0.2) is 0 Å². The Labute approximate surface area is 134 Å². The lowest BCUT2D eigenvalue weighted by Crippen LogP contribution is -2.14. The molecule has 0 saturated heterocycles. The third-order valence-corrected chi connectivity index (χ3v) is 3.83. The quantitative estimate of drug-likeness (QED) is 0.798. The highest BCUT2D eigenvalue weighted by Gasteiger charge is 2.10. The Balaban J connectivity index is 2.00. The Morgan fingerprint density at radius 3 is 2.22 bits per heavy atom. The lowest BCUT2D eigenvalue weighted by atomic mass is 9.98. The van der Waals surface area contributed by atoms with Crippen molar-refractivity contribution in [2.75, 3.05) is 0 Å². The van der Waals surface area contributed by atoms with Gasteiger partial charge in [-0.1, -0.05) is 60.7 Å². The maximum atomic E-state index is 12.0. The molecule has 1 N–H and O–H groups in total. The molecule has 3 heteroatoms. The number of aryl methyl sites for hydroxylation is 2. The van der Waals surface area contributed by atoms with E-state index < -0.39 is 0 Å². The summed E-state index contributed by atoms with van der Waals surface area (Å²) in [6.45, 7) is 0. The molecule has 1 aromatic heterocycles. The number of H-pyrrole nitrogens is 1. The first-order valence-corrected chi connectivity index (χ1v) is 7.53. The highest BCUT2D eigenvalue weighted by atomic mass is 16.1. The van der Waals surface area contributed by atoms with Crippen molar-refractivity contribution in [3.8, 4) is 17.2 Å². The fourth-order valence-electron chi connectivity index (χ4n) is 2.64. The van der Waals surface area contributed by atoms with Gasteiger partial charge in [0.1, 0.15) is 11.6 Å². The number of aromatic amines is 1. The van der Waals surface area contributed by atoms with Gasteiger partial charge >= 0.3 is 0 Å². The first-order chi connectivity index (χ1) is 11.3. The number of nitriles is 1. The lowest BCUT2D eigenvalue weighted by molar-refractivity contribution is 0.905. The van der Waals surface area contributed by atoms with Crippen molar-refractivity contribution >= 4 is 0 Å². The molecule has 0 amide bonds. The van der Waals surface area contributed by atoms with Gasteiger partial charge in [0.25, 0.3) is 5.56 Å². The Kier molecular flexibility index (Phi) is 4.35. The van der Waals surface area contributed by atoms with Crippen molar-refractivity contribution in [1.82, 2.24) is 4.98 Å². The molecule has 3 nitrogen and oxygen atoms in total. The van der Waals surface area contributed by atoms with Crippen LogP contribution in [0.15, 0.2) is 71.5 Å². The summed E-state index contributed by atoms with van der Waals surface area (Å²) in [7, 11) is 0. The van der Waals surface area contributed by atoms with Crippen molar-refractivity contribution < 1.29 is 0 Å². The number of hydrogen-bond donors (Lipinski definition) is 1. The summed E-state index contributed by atoms with van der Waals surface area (Å²) in [5.74, 6) is 0. The molecule has 3 aromatic rings. The Hall–Kier alpha value is -3.12.